The quantitative estimate of drug-likeness (QED) is 0.634. The summed E-state index contributed by atoms with van der Waals surface area (Å²) < 4.78 is 20.0. The molecule has 3 aromatic carbocycles. The number of benzene rings is 3. The Morgan fingerprint density at radius 1 is 1.04 bits per heavy atom. The third kappa shape index (κ3) is 2.65. The van der Waals surface area contributed by atoms with Gasteiger partial charge in [0.25, 0.3) is 0 Å². The lowest BCUT2D eigenvalue weighted by Crippen LogP contribution is -2.21. The molecule has 4 rings (SSSR count). The predicted molar refractivity (Wildman–Crippen MR) is 97.3 cm³/mol. The van der Waals surface area contributed by atoms with E-state index in [0.29, 0.717) is 11.3 Å². The monoisotopic (exact) mass is 394 g/mol. The van der Waals surface area contributed by atoms with E-state index in [1.165, 1.54) is 12.1 Å². The van der Waals surface area contributed by atoms with E-state index in [2.05, 4.69) is 22.0 Å². The Labute approximate surface area is 152 Å². The van der Waals surface area contributed by atoms with Crippen LogP contribution in [0.2, 0.25) is 0 Å². The molecule has 0 fully saturated rings. The topological polar surface area (TPSA) is 59.0 Å². The van der Waals surface area contributed by atoms with Crippen LogP contribution in [0.15, 0.2) is 70.5 Å². The minimum atomic E-state index is -0.391. The predicted octanol–water partition coefficient (Wildman–Crippen LogP) is 4.96. The number of allylic oxidation sites excluding steroid dienone is 1. The van der Waals surface area contributed by atoms with E-state index < -0.39 is 5.92 Å². The summed E-state index contributed by atoms with van der Waals surface area (Å²) in [4.78, 5) is 0. The fourth-order valence-electron chi connectivity index (χ4n) is 3.17. The number of hydrogen-bond acceptors (Lipinski definition) is 3. The van der Waals surface area contributed by atoms with E-state index in [0.717, 1.165) is 26.4 Å². The number of halogens is 2. The Morgan fingerprint density at radius 3 is 2.52 bits per heavy atom. The maximum Gasteiger partial charge on any atom is 0.205 e. The maximum absolute atomic E-state index is 13.3. The van der Waals surface area contributed by atoms with E-state index in [1.807, 2.05) is 30.3 Å². The SMILES string of the molecule is N#CC1=C(N)Oc2cc3ccc(Br)cc3cc2C1c1ccc(F)cc1. The molecule has 0 saturated carbocycles. The first-order valence-electron chi connectivity index (χ1n) is 7.63. The molecular formula is C20H12BrFN2O. The highest BCUT2D eigenvalue weighted by Gasteiger charge is 2.30. The summed E-state index contributed by atoms with van der Waals surface area (Å²) >= 11 is 3.48. The van der Waals surface area contributed by atoms with Crippen LogP contribution in [0.5, 0.6) is 5.75 Å². The standard InChI is InChI=1S/C20H12BrFN2O/c21-14-4-1-12-9-18-16(8-13(12)7-14)19(17(10-23)20(24)25-18)11-2-5-15(22)6-3-11/h1-9,19H,24H2. The molecular weight excluding hydrogens is 383 g/mol. The van der Waals surface area contributed by atoms with Crippen molar-refractivity contribution >= 4 is 26.7 Å². The summed E-state index contributed by atoms with van der Waals surface area (Å²) in [5.41, 5.74) is 7.94. The Morgan fingerprint density at radius 2 is 1.80 bits per heavy atom. The van der Waals surface area contributed by atoms with Gasteiger partial charge in [0, 0.05) is 10.0 Å². The van der Waals surface area contributed by atoms with Crippen LogP contribution >= 0.6 is 15.9 Å². The summed E-state index contributed by atoms with van der Waals surface area (Å²) in [7, 11) is 0. The normalized spacial score (nSPS) is 16.3. The second-order valence-electron chi connectivity index (χ2n) is 5.86. The Kier molecular flexibility index (Phi) is 3.70. The van der Waals surface area contributed by atoms with Gasteiger partial charge < -0.3 is 10.5 Å². The zero-order valence-electron chi connectivity index (χ0n) is 13.0. The van der Waals surface area contributed by atoms with Gasteiger partial charge in [-0.2, -0.15) is 5.26 Å². The van der Waals surface area contributed by atoms with Gasteiger partial charge in [-0.3, -0.25) is 0 Å². The maximum atomic E-state index is 13.3. The Balaban J connectivity index is 1.98. The minimum absolute atomic E-state index is 0.0841. The van der Waals surface area contributed by atoms with Crippen molar-refractivity contribution in [3.05, 3.63) is 87.5 Å². The first kappa shape index (κ1) is 15.7. The van der Waals surface area contributed by atoms with Gasteiger partial charge in [0.2, 0.25) is 5.88 Å². The van der Waals surface area contributed by atoms with Gasteiger partial charge in [0.1, 0.15) is 23.2 Å². The third-order valence-electron chi connectivity index (χ3n) is 4.34. The first-order valence-corrected chi connectivity index (χ1v) is 8.42. The zero-order valence-corrected chi connectivity index (χ0v) is 14.5. The molecule has 0 radical (unpaired) electrons. The van der Waals surface area contributed by atoms with Crippen LogP contribution in [-0.2, 0) is 0 Å². The third-order valence-corrected chi connectivity index (χ3v) is 4.83. The van der Waals surface area contributed by atoms with Crippen LogP contribution in [-0.4, -0.2) is 0 Å². The molecule has 5 heteroatoms. The lowest BCUT2D eigenvalue weighted by Gasteiger charge is -2.27. The van der Waals surface area contributed by atoms with Crippen molar-refractivity contribution in [1.82, 2.24) is 0 Å². The van der Waals surface area contributed by atoms with Gasteiger partial charge in [-0.05, 0) is 52.7 Å². The molecule has 25 heavy (non-hydrogen) atoms. The van der Waals surface area contributed by atoms with Gasteiger partial charge in [0.15, 0.2) is 0 Å². The molecule has 0 spiro atoms. The second kappa shape index (κ2) is 5.91. The largest absolute Gasteiger partial charge is 0.440 e. The molecule has 0 aliphatic carbocycles. The molecule has 122 valence electrons. The van der Waals surface area contributed by atoms with Crippen molar-refractivity contribution < 1.29 is 9.13 Å². The highest BCUT2D eigenvalue weighted by molar-refractivity contribution is 9.10. The van der Waals surface area contributed by atoms with Crippen LogP contribution in [0.25, 0.3) is 10.8 Å². The highest BCUT2D eigenvalue weighted by atomic mass is 79.9. The van der Waals surface area contributed by atoms with Crippen molar-refractivity contribution in [2.75, 3.05) is 0 Å². The average Bonchev–Trinajstić information content (AvgIpc) is 2.60. The number of nitrogens with zero attached hydrogens (tertiary/aromatic N) is 1. The molecule has 0 saturated heterocycles. The lowest BCUT2D eigenvalue weighted by atomic mass is 9.82. The number of ether oxygens (including phenoxy) is 1. The van der Waals surface area contributed by atoms with Crippen molar-refractivity contribution in [3.63, 3.8) is 0 Å². The van der Waals surface area contributed by atoms with Crippen molar-refractivity contribution in [2.45, 2.75) is 5.92 Å². The van der Waals surface area contributed by atoms with E-state index >= 15 is 0 Å². The van der Waals surface area contributed by atoms with Gasteiger partial charge in [-0.1, -0.05) is 34.1 Å². The van der Waals surface area contributed by atoms with E-state index in [9.17, 15) is 9.65 Å². The number of rotatable bonds is 1. The molecule has 1 atom stereocenters. The fourth-order valence-corrected chi connectivity index (χ4v) is 3.55. The molecule has 1 heterocycles. The van der Waals surface area contributed by atoms with E-state index in [1.54, 1.807) is 12.1 Å². The molecule has 1 aliphatic heterocycles. The number of hydrogen-bond donors (Lipinski definition) is 1. The minimum Gasteiger partial charge on any atom is -0.440 e. The molecule has 0 bridgehead atoms. The lowest BCUT2D eigenvalue weighted by molar-refractivity contribution is 0.394. The van der Waals surface area contributed by atoms with E-state index in [4.69, 9.17) is 10.5 Å². The first-order chi connectivity index (χ1) is 12.1. The van der Waals surface area contributed by atoms with Gasteiger partial charge in [-0.15, -0.1) is 0 Å². The molecule has 3 aromatic rings. The second-order valence-corrected chi connectivity index (χ2v) is 6.77. The summed E-state index contributed by atoms with van der Waals surface area (Å²) in [6.45, 7) is 0. The van der Waals surface area contributed by atoms with Crippen molar-refractivity contribution in [3.8, 4) is 11.8 Å². The molecule has 3 nitrogen and oxygen atoms in total. The fraction of sp³-hybridized carbons (Fsp3) is 0.0500. The summed E-state index contributed by atoms with van der Waals surface area (Å²) in [5.74, 6) is -0.0203. The van der Waals surface area contributed by atoms with Crippen LogP contribution < -0.4 is 10.5 Å². The smallest absolute Gasteiger partial charge is 0.205 e. The van der Waals surface area contributed by atoms with Gasteiger partial charge in [0.05, 0.1) is 5.92 Å². The summed E-state index contributed by atoms with van der Waals surface area (Å²) in [6.07, 6.45) is 0. The van der Waals surface area contributed by atoms with E-state index in [-0.39, 0.29) is 11.7 Å². The molecule has 1 aliphatic rings. The van der Waals surface area contributed by atoms with Crippen LogP contribution in [0, 0.1) is 17.1 Å². The summed E-state index contributed by atoms with van der Waals surface area (Å²) in [5, 5.41) is 11.6. The van der Waals surface area contributed by atoms with Gasteiger partial charge in [-0.25, -0.2) is 4.39 Å². The highest BCUT2D eigenvalue weighted by Crippen LogP contribution is 2.43. The van der Waals surface area contributed by atoms with Gasteiger partial charge >= 0.3 is 0 Å². The number of nitriles is 1. The number of fused-ring (bicyclic) bond motifs is 2. The molecule has 0 aromatic heterocycles. The van der Waals surface area contributed by atoms with Crippen LogP contribution in [0.3, 0.4) is 0 Å². The Hall–Kier alpha value is -2.84. The Bertz CT molecular complexity index is 1070. The summed E-state index contributed by atoms with van der Waals surface area (Å²) in [6, 6.07) is 18.1. The molecule has 0 amide bonds. The average molecular weight is 395 g/mol. The number of nitrogens with two attached hydrogens (primary N) is 1. The molecule has 1 unspecified atom stereocenters. The van der Waals surface area contributed by atoms with Crippen molar-refractivity contribution in [1.29, 1.82) is 5.26 Å². The van der Waals surface area contributed by atoms with Crippen LogP contribution in [0.1, 0.15) is 17.0 Å². The van der Waals surface area contributed by atoms with Crippen LogP contribution in [0.4, 0.5) is 4.39 Å². The molecule has 2 N–H and O–H groups in total. The van der Waals surface area contributed by atoms with Crippen molar-refractivity contribution in [2.24, 2.45) is 5.73 Å². The zero-order chi connectivity index (χ0) is 17.6.